The van der Waals surface area contributed by atoms with Crippen molar-refractivity contribution in [2.45, 2.75) is 23.8 Å². The minimum Gasteiger partial charge on any atom is -0.493 e. The molecule has 2 atom stereocenters. The summed E-state index contributed by atoms with van der Waals surface area (Å²) in [4.78, 5) is 28.2. The summed E-state index contributed by atoms with van der Waals surface area (Å²) in [6.07, 6.45) is 3.00. The van der Waals surface area contributed by atoms with E-state index < -0.39 is 0 Å². The molecule has 1 N–H and O–H groups in total. The topological polar surface area (TPSA) is 58.6 Å². The van der Waals surface area contributed by atoms with Crippen molar-refractivity contribution in [3.8, 4) is 5.75 Å². The average molecular weight is 382 g/mol. The third-order valence-corrected chi connectivity index (χ3v) is 5.86. The van der Waals surface area contributed by atoms with Crippen molar-refractivity contribution >= 4 is 29.3 Å². The lowest BCUT2D eigenvalue weighted by Crippen LogP contribution is -2.37. The second-order valence-corrected chi connectivity index (χ2v) is 7.72. The standard InChI is InChI=1S/C21H22N2O3S/c1-27-16-6-4-5-15(12-16)23-13-14(11-20(23)24)21(25)22-18-9-10-26-19-8-3-2-7-17(18)19/h2-8,12,14,18H,9-11,13H2,1H3,(H,22,25)/t14-,18-/m1/s1. The number of nitrogens with zero attached hydrogens (tertiary/aromatic N) is 1. The Hall–Kier alpha value is -2.47. The van der Waals surface area contributed by atoms with Crippen LogP contribution in [0.25, 0.3) is 0 Å². The Labute approximate surface area is 163 Å². The third kappa shape index (κ3) is 3.67. The highest BCUT2D eigenvalue weighted by atomic mass is 32.2. The molecule has 4 rings (SSSR count). The molecular formula is C21H22N2O3S. The van der Waals surface area contributed by atoms with E-state index in [0.717, 1.165) is 28.3 Å². The molecule has 0 bridgehead atoms. The van der Waals surface area contributed by atoms with E-state index in [4.69, 9.17) is 4.74 Å². The molecule has 1 saturated heterocycles. The molecule has 27 heavy (non-hydrogen) atoms. The Morgan fingerprint density at radius 3 is 2.93 bits per heavy atom. The lowest BCUT2D eigenvalue weighted by atomic mass is 9.99. The van der Waals surface area contributed by atoms with Crippen LogP contribution in [0.1, 0.15) is 24.4 Å². The molecule has 0 radical (unpaired) electrons. The number of anilines is 1. The van der Waals surface area contributed by atoms with Gasteiger partial charge in [0.15, 0.2) is 0 Å². The lowest BCUT2D eigenvalue weighted by Gasteiger charge is -2.27. The van der Waals surface area contributed by atoms with E-state index in [1.165, 1.54) is 0 Å². The highest BCUT2D eigenvalue weighted by Crippen LogP contribution is 2.33. The molecular weight excluding hydrogens is 360 g/mol. The summed E-state index contributed by atoms with van der Waals surface area (Å²) in [5, 5.41) is 3.13. The van der Waals surface area contributed by atoms with Crippen LogP contribution < -0.4 is 15.0 Å². The third-order valence-electron chi connectivity index (χ3n) is 5.14. The molecule has 2 amide bonds. The van der Waals surface area contributed by atoms with Crippen LogP contribution in [0.5, 0.6) is 5.75 Å². The van der Waals surface area contributed by atoms with Crippen LogP contribution in [-0.4, -0.2) is 31.2 Å². The molecule has 0 unspecified atom stereocenters. The summed E-state index contributed by atoms with van der Waals surface area (Å²) in [5.74, 6) is 0.437. The Kier molecular flexibility index (Phi) is 5.07. The molecule has 2 aliphatic rings. The van der Waals surface area contributed by atoms with Gasteiger partial charge < -0.3 is 15.0 Å². The lowest BCUT2D eigenvalue weighted by molar-refractivity contribution is -0.127. The van der Waals surface area contributed by atoms with Gasteiger partial charge >= 0.3 is 0 Å². The van der Waals surface area contributed by atoms with Crippen LogP contribution in [-0.2, 0) is 9.59 Å². The number of para-hydroxylation sites is 1. The Morgan fingerprint density at radius 2 is 2.07 bits per heavy atom. The van der Waals surface area contributed by atoms with Crippen LogP contribution >= 0.6 is 11.8 Å². The van der Waals surface area contributed by atoms with Gasteiger partial charge in [-0.3, -0.25) is 9.59 Å². The molecule has 0 saturated carbocycles. The van der Waals surface area contributed by atoms with Crippen LogP contribution in [0.2, 0.25) is 0 Å². The zero-order valence-corrected chi connectivity index (χ0v) is 16.0. The van der Waals surface area contributed by atoms with Gasteiger partial charge in [-0.15, -0.1) is 11.8 Å². The maximum absolute atomic E-state index is 12.8. The summed E-state index contributed by atoms with van der Waals surface area (Å²) < 4.78 is 5.66. The fraction of sp³-hybridized carbons (Fsp3) is 0.333. The highest BCUT2D eigenvalue weighted by molar-refractivity contribution is 7.98. The number of nitrogens with one attached hydrogen (secondary N) is 1. The number of carbonyl (C=O) groups excluding carboxylic acids is 2. The maximum Gasteiger partial charge on any atom is 0.227 e. The molecule has 2 aromatic carbocycles. The van der Waals surface area contributed by atoms with Crippen LogP contribution in [0.3, 0.4) is 0 Å². The maximum atomic E-state index is 12.8. The quantitative estimate of drug-likeness (QED) is 0.824. The summed E-state index contributed by atoms with van der Waals surface area (Å²) in [5.41, 5.74) is 1.87. The van der Waals surface area contributed by atoms with Crippen molar-refractivity contribution in [2.75, 3.05) is 24.3 Å². The predicted octanol–water partition coefficient (Wildman–Crippen LogP) is 3.40. The molecule has 2 heterocycles. The number of amides is 2. The monoisotopic (exact) mass is 382 g/mol. The molecule has 2 aromatic rings. The smallest absolute Gasteiger partial charge is 0.227 e. The normalized spacial score (nSPS) is 21.5. The first-order chi connectivity index (χ1) is 13.2. The van der Waals surface area contributed by atoms with Crippen molar-refractivity contribution in [1.82, 2.24) is 5.32 Å². The first kappa shape index (κ1) is 17.9. The summed E-state index contributed by atoms with van der Waals surface area (Å²) in [7, 11) is 0. The number of thioether (sulfide) groups is 1. The van der Waals surface area contributed by atoms with Gasteiger partial charge in [0.05, 0.1) is 18.6 Å². The first-order valence-electron chi connectivity index (χ1n) is 9.12. The van der Waals surface area contributed by atoms with Gasteiger partial charge in [-0.05, 0) is 30.5 Å². The molecule has 6 heteroatoms. The molecule has 1 fully saturated rings. The van der Waals surface area contributed by atoms with E-state index in [1.54, 1.807) is 16.7 Å². The van der Waals surface area contributed by atoms with Gasteiger partial charge in [-0.1, -0.05) is 24.3 Å². The van der Waals surface area contributed by atoms with Crippen molar-refractivity contribution in [2.24, 2.45) is 5.92 Å². The van der Waals surface area contributed by atoms with Gasteiger partial charge in [-0.25, -0.2) is 0 Å². The number of ether oxygens (including phenoxy) is 1. The molecule has 0 aliphatic carbocycles. The van der Waals surface area contributed by atoms with Gasteiger partial charge in [0.25, 0.3) is 0 Å². The van der Waals surface area contributed by atoms with E-state index in [1.807, 2.05) is 54.8 Å². The zero-order valence-electron chi connectivity index (χ0n) is 15.2. The molecule has 2 aliphatic heterocycles. The first-order valence-corrected chi connectivity index (χ1v) is 10.3. The van der Waals surface area contributed by atoms with Crippen LogP contribution in [0.4, 0.5) is 5.69 Å². The van der Waals surface area contributed by atoms with E-state index >= 15 is 0 Å². The molecule has 140 valence electrons. The van der Waals surface area contributed by atoms with Crippen molar-refractivity contribution < 1.29 is 14.3 Å². The summed E-state index contributed by atoms with van der Waals surface area (Å²) >= 11 is 1.64. The highest BCUT2D eigenvalue weighted by Gasteiger charge is 2.36. The second kappa shape index (κ2) is 7.64. The van der Waals surface area contributed by atoms with E-state index in [0.29, 0.717) is 13.2 Å². The number of rotatable bonds is 4. The molecule has 5 nitrogen and oxygen atoms in total. The van der Waals surface area contributed by atoms with Crippen molar-refractivity contribution in [3.05, 3.63) is 54.1 Å². The van der Waals surface area contributed by atoms with Crippen molar-refractivity contribution in [1.29, 1.82) is 0 Å². The fourth-order valence-electron chi connectivity index (χ4n) is 3.69. The minimum atomic E-state index is -0.328. The van der Waals surface area contributed by atoms with E-state index in [2.05, 4.69) is 5.32 Å². The largest absolute Gasteiger partial charge is 0.493 e. The number of hydrogen-bond donors (Lipinski definition) is 1. The minimum absolute atomic E-state index is 0.000723. The fourth-order valence-corrected chi connectivity index (χ4v) is 4.15. The Morgan fingerprint density at radius 1 is 1.22 bits per heavy atom. The van der Waals surface area contributed by atoms with Gasteiger partial charge in [0.1, 0.15) is 5.75 Å². The number of hydrogen-bond acceptors (Lipinski definition) is 4. The summed E-state index contributed by atoms with van der Waals surface area (Å²) in [6, 6.07) is 15.6. The van der Waals surface area contributed by atoms with Crippen LogP contribution in [0.15, 0.2) is 53.4 Å². The molecule has 0 aromatic heterocycles. The number of fused-ring (bicyclic) bond motifs is 1. The SMILES string of the molecule is CSc1cccc(N2C[C@H](C(=O)N[C@@H]3CCOc4ccccc43)CC2=O)c1. The van der Waals surface area contributed by atoms with E-state index in [9.17, 15) is 9.59 Å². The predicted molar refractivity (Wildman–Crippen MR) is 106 cm³/mol. The Balaban J connectivity index is 1.46. The van der Waals surface area contributed by atoms with Gasteiger partial charge in [0, 0.05) is 35.5 Å². The second-order valence-electron chi connectivity index (χ2n) is 6.84. The number of carbonyl (C=O) groups is 2. The van der Waals surface area contributed by atoms with Crippen molar-refractivity contribution in [3.63, 3.8) is 0 Å². The average Bonchev–Trinajstić information content (AvgIpc) is 3.10. The summed E-state index contributed by atoms with van der Waals surface area (Å²) in [6.45, 7) is 1.01. The van der Waals surface area contributed by atoms with Gasteiger partial charge in [-0.2, -0.15) is 0 Å². The Bertz CT molecular complexity index is 870. The molecule has 0 spiro atoms. The number of benzene rings is 2. The van der Waals surface area contributed by atoms with Crippen LogP contribution in [0, 0.1) is 5.92 Å². The van der Waals surface area contributed by atoms with Gasteiger partial charge in [0.2, 0.25) is 11.8 Å². The zero-order chi connectivity index (χ0) is 18.8. The van der Waals surface area contributed by atoms with E-state index in [-0.39, 0.29) is 30.2 Å².